The average Bonchev–Trinajstić information content (AvgIpc) is 3.16. The number of nitrogens with one attached hydrogen (secondary N) is 1. The van der Waals surface area contributed by atoms with E-state index in [1.807, 2.05) is 44.2 Å². The molecule has 1 aliphatic heterocycles. The van der Waals surface area contributed by atoms with Gasteiger partial charge in [-0.05, 0) is 31.0 Å². The summed E-state index contributed by atoms with van der Waals surface area (Å²) in [5.41, 5.74) is 4.95. The molecule has 4 rings (SSSR count). The first-order valence-corrected chi connectivity index (χ1v) is 8.82. The van der Waals surface area contributed by atoms with Crippen molar-refractivity contribution in [2.45, 2.75) is 26.3 Å². The van der Waals surface area contributed by atoms with Crippen LogP contribution in [0.25, 0.3) is 11.3 Å². The van der Waals surface area contributed by atoms with Crippen molar-refractivity contribution < 1.29 is 9.18 Å². The number of nitrogens with zero attached hydrogens (tertiary/aromatic N) is 2. The van der Waals surface area contributed by atoms with E-state index in [-0.39, 0.29) is 17.8 Å². The zero-order chi connectivity index (χ0) is 18.3. The quantitative estimate of drug-likeness (QED) is 0.755. The van der Waals surface area contributed by atoms with E-state index in [0.29, 0.717) is 12.2 Å². The number of aromatic nitrogens is 2. The van der Waals surface area contributed by atoms with Gasteiger partial charge in [-0.3, -0.25) is 9.89 Å². The number of fused-ring (bicyclic) bond motifs is 1. The van der Waals surface area contributed by atoms with Gasteiger partial charge in [0.2, 0.25) is 0 Å². The Labute approximate surface area is 151 Å². The number of rotatable bonds is 4. The number of H-pyrrole nitrogens is 1. The van der Waals surface area contributed by atoms with E-state index in [2.05, 4.69) is 10.2 Å². The molecule has 0 spiro atoms. The van der Waals surface area contributed by atoms with Crippen LogP contribution in [0, 0.1) is 12.7 Å². The summed E-state index contributed by atoms with van der Waals surface area (Å²) in [5, 5.41) is 7.33. The molecule has 4 nitrogen and oxygen atoms in total. The Kier molecular flexibility index (Phi) is 4.07. The number of amides is 1. The third kappa shape index (κ3) is 2.60. The van der Waals surface area contributed by atoms with Crippen LogP contribution in [0.4, 0.5) is 4.39 Å². The van der Waals surface area contributed by atoms with Crippen LogP contribution in [0.2, 0.25) is 0 Å². The summed E-state index contributed by atoms with van der Waals surface area (Å²) < 4.78 is 13.9. The number of hydrogen-bond acceptors (Lipinski definition) is 2. The minimum Gasteiger partial charge on any atom is -0.326 e. The van der Waals surface area contributed by atoms with E-state index >= 15 is 0 Å². The van der Waals surface area contributed by atoms with Crippen LogP contribution in [0.1, 0.15) is 46.6 Å². The Bertz CT molecular complexity index is 962. The normalized spacial score (nSPS) is 16.2. The SMILES string of the molecule is CCCN1C(=O)c2[nH]nc(-c3ccc(C)cc3)c2C1c1cccc(F)c1. The van der Waals surface area contributed by atoms with Crippen LogP contribution in [-0.4, -0.2) is 27.5 Å². The molecule has 0 saturated heterocycles. The van der Waals surface area contributed by atoms with Gasteiger partial charge in [0.1, 0.15) is 11.5 Å². The van der Waals surface area contributed by atoms with Gasteiger partial charge in [0, 0.05) is 17.7 Å². The molecule has 0 aliphatic carbocycles. The topological polar surface area (TPSA) is 49.0 Å². The van der Waals surface area contributed by atoms with Crippen LogP contribution in [0.5, 0.6) is 0 Å². The van der Waals surface area contributed by atoms with Crippen molar-refractivity contribution in [1.29, 1.82) is 0 Å². The van der Waals surface area contributed by atoms with Crippen molar-refractivity contribution in [3.63, 3.8) is 0 Å². The van der Waals surface area contributed by atoms with Gasteiger partial charge in [0.05, 0.1) is 11.7 Å². The maximum atomic E-state index is 13.9. The minimum absolute atomic E-state index is 0.0815. The zero-order valence-electron chi connectivity index (χ0n) is 14.8. The van der Waals surface area contributed by atoms with E-state index in [0.717, 1.165) is 34.4 Å². The fraction of sp³-hybridized carbons (Fsp3) is 0.238. The van der Waals surface area contributed by atoms with Crippen molar-refractivity contribution in [3.8, 4) is 11.3 Å². The Morgan fingerprint density at radius 1 is 1.19 bits per heavy atom. The van der Waals surface area contributed by atoms with Gasteiger partial charge in [-0.25, -0.2) is 4.39 Å². The van der Waals surface area contributed by atoms with Gasteiger partial charge in [0.25, 0.3) is 5.91 Å². The van der Waals surface area contributed by atoms with Gasteiger partial charge < -0.3 is 4.90 Å². The van der Waals surface area contributed by atoms with E-state index in [9.17, 15) is 9.18 Å². The molecule has 1 atom stereocenters. The molecule has 3 aromatic rings. The predicted octanol–water partition coefficient (Wildman–Crippen LogP) is 4.48. The third-order valence-corrected chi connectivity index (χ3v) is 4.82. The standard InChI is InChI=1S/C21H20FN3O/c1-3-11-25-20(15-5-4-6-16(22)12-15)17-18(23-24-19(17)21(25)26)14-9-7-13(2)8-10-14/h4-10,12,20H,3,11H2,1-2H3,(H,23,24). The summed E-state index contributed by atoms with van der Waals surface area (Å²) in [7, 11) is 0. The minimum atomic E-state index is -0.330. The molecule has 1 N–H and O–H groups in total. The second-order valence-corrected chi connectivity index (χ2v) is 6.68. The third-order valence-electron chi connectivity index (χ3n) is 4.82. The highest BCUT2D eigenvalue weighted by atomic mass is 19.1. The van der Waals surface area contributed by atoms with Gasteiger partial charge in [-0.15, -0.1) is 0 Å². The van der Waals surface area contributed by atoms with E-state index in [1.165, 1.54) is 12.1 Å². The molecule has 26 heavy (non-hydrogen) atoms. The van der Waals surface area contributed by atoms with Gasteiger partial charge >= 0.3 is 0 Å². The molecule has 0 bridgehead atoms. The van der Waals surface area contributed by atoms with Gasteiger partial charge in [-0.2, -0.15) is 5.10 Å². The Morgan fingerprint density at radius 2 is 1.96 bits per heavy atom. The maximum absolute atomic E-state index is 13.9. The zero-order valence-corrected chi connectivity index (χ0v) is 14.8. The second-order valence-electron chi connectivity index (χ2n) is 6.68. The number of halogens is 1. The summed E-state index contributed by atoms with van der Waals surface area (Å²) in [5.74, 6) is -0.387. The number of carbonyl (C=O) groups is 1. The fourth-order valence-corrected chi connectivity index (χ4v) is 3.62. The highest BCUT2D eigenvalue weighted by Crippen LogP contribution is 2.42. The summed E-state index contributed by atoms with van der Waals surface area (Å²) in [4.78, 5) is 14.7. The molecular weight excluding hydrogens is 329 g/mol. The molecule has 132 valence electrons. The van der Waals surface area contributed by atoms with Crippen molar-refractivity contribution in [1.82, 2.24) is 15.1 Å². The first-order chi connectivity index (χ1) is 12.6. The van der Waals surface area contributed by atoms with Gasteiger partial charge in [-0.1, -0.05) is 48.9 Å². The molecule has 2 aromatic carbocycles. The number of hydrogen-bond donors (Lipinski definition) is 1. The van der Waals surface area contributed by atoms with Crippen LogP contribution < -0.4 is 0 Å². The summed E-state index contributed by atoms with van der Waals surface area (Å²) in [6.07, 6.45) is 0.828. The molecular formula is C21H20FN3O. The number of aryl methyl sites for hydroxylation is 1. The van der Waals surface area contributed by atoms with Gasteiger partial charge in [0.15, 0.2) is 0 Å². The second kappa shape index (κ2) is 6.41. The van der Waals surface area contributed by atoms with Crippen molar-refractivity contribution in [3.05, 3.63) is 76.7 Å². The molecule has 0 saturated carbocycles. The molecule has 2 heterocycles. The molecule has 0 radical (unpaired) electrons. The number of aromatic amines is 1. The molecule has 1 amide bonds. The lowest BCUT2D eigenvalue weighted by molar-refractivity contribution is 0.0743. The van der Waals surface area contributed by atoms with Crippen LogP contribution >= 0.6 is 0 Å². The molecule has 1 aromatic heterocycles. The van der Waals surface area contributed by atoms with Crippen LogP contribution in [0.15, 0.2) is 48.5 Å². The summed E-state index contributed by atoms with van der Waals surface area (Å²) in [6.45, 7) is 4.67. The van der Waals surface area contributed by atoms with Crippen molar-refractivity contribution in [2.24, 2.45) is 0 Å². The molecule has 0 fully saturated rings. The van der Waals surface area contributed by atoms with Crippen LogP contribution in [0.3, 0.4) is 0 Å². The first kappa shape index (κ1) is 16.5. The molecule has 1 aliphatic rings. The number of benzene rings is 2. The van der Waals surface area contributed by atoms with Crippen molar-refractivity contribution in [2.75, 3.05) is 6.54 Å². The highest BCUT2D eigenvalue weighted by Gasteiger charge is 2.41. The fourth-order valence-electron chi connectivity index (χ4n) is 3.62. The summed E-state index contributed by atoms with van der Waals surface area (Å²) in [6, 6.07) is 14.2. The monoisotopic (exact) mass is 349 g/mol. The Balaban J connectivity index is 1.89. The Morgan fingerprint density at radius 3 is 2.65 bits per heavy atom. The number of carbonyl (C=O) groups excluding carboxylic acids is 1. The Hall–Kier alpha value is -2.95. The average molecular weight is 349 g/mol. The van der Waals surface area contributed by atoms with E-state index < -0.39 is 0 Å². The van der Waals surface area contributed by atoms with E-state index in [4.69, 9.17) is 0 Å². The lowest BCUT2D eigenvalue weighted by Gasteiger charge is -2.26. The van der Waals surface area contributed by atoms with Crippen molar-refractivity contribution >= 4 is 5.91 Å². The highest BCUT2D eigenvalue weighted by molar-refractivity contribution is 6.00. The predicted molar refractivity (Wildman–Crippen MR) is 98.3 cm³/mol. The van der Waals surface area contributed by atoms with E-state index in [1.54, 1.807) is 11.0 Å². The largest absolute Gasteiger partial charge is 0.326 e. The molecule has 5 heteroatoms. The maximum Gasteiger partial charge on any atom is 0.273 e. The first-order valence-electron chi connectivity index (χ1n) is 8.82. The smallest absolute Gasteiger partial charge is 0.273 e. The lowest BCUT2D eigenvalue weighted by Crippen LogP contribution is -2.30. The summed E-state index contributed by atoms with van der Waals surface area (Å²) >= 11 is 0. The lowest BCUT2D eigenvalue weighted by atomic mass is 9.95. The van der Waals surface area contributed by atoms with Crippen LogP contribution in [-0.2, 0) is 0 Å². The molecule has 1 unspecified atom stereocenters.